The molecule has 1 N–H and O–H groups in total. The van der Waals surface area contributed by atoms with Gasteiger partial charge < -0.3 is 10.1 Å². The van der Waals surface area contributed by atoms with Crippen LogP contribution < -0.4 is 5.32 Å². The van der Waals surface area contributed by atoms with Gasteiger partial charge in [-0.1, -0.05) is 13.3 Å². The number of hydrogen-bond acceptors (Lipinski definition) is 4. The van der Waals surface area contributed by atoms with Gasteiger partial charge in [-0.2, -0.15) is 0 Å². The van der Waals surface area contributed by atoms with Gasteiger partial charge in [0.2, 0.25) is 0 Å². The minimum Gasteiger partial charge on any atom is -0.444 e. The number of carbonyl (C=O) groups excluding carboxylic acids is 1. The highest BCUT2D eigenvalue weighted by molar-refractivity contribution is 7.12. The molecule has 1 aliphatic heterocycles. The van der Waals surface area contributed by atoms with Crippen molar-refractivity contribution in [1.82, 2.24) is 10.2 Å². The number of ether oxygens (including phenoxy) is 1. The molecular weight excluding hydrogens is 284 g/mol. The quantitative estimate of drug-likeness (QED) is 0.928. The first kappa shape index (κ1) is 16.3. The van der Waals surface area contributed by atoms with E-state index in [0.29, 0.717) is 6.54 Å². The number of carbonyl (C=O) groups is 1. The van der Waals surface area contributed by atoms with Crippen molar-refractivity contribution in [1.29, 1.82) is 0 Å². The molecule has 1 unspecified atom stereocenters. The van der Waals surface area contributed by atoms with Crippen molar-refractivity contribution in [3.63, 3.8) is 0 Å². The van der Waals surface area contributed by atoms with Crippen LogP contribution in [0.2, 0.25) is 0 Å². The molecular formula is C16H26N2O2S. The number of hydrogen-bond donors (Lipinski definition) is 1. The van der Waals surface area contributed by atoms with Gasteiger partial charge in [0.15, 0.2) is 0 Å². The van der Waals surface area contributed by atoms with Crippen molar-refractivity contribution in [3.05, 3.63) is 21.9 Å². The smallest absolute Gasteiger partial charge is 0.410 e. The summed E-state index contributed by atoms with van der Waals surface area (Å²) in [6.45, 7) is 10.2. The second-order valence-corrected chi connectivity index (χ2v) is 7.65. The lowest BCUT2D eigenvalue weighted by Gasteiger charge is -2.36. The molecule has 2 rings (SSSR count). The van der Waals surface area contributed by atoms with Gasteiger partial charge in [0.1, 0.15) is 5.60 Å². The SMILES string of the molecule is CCCc1ccc(C2CNCCN2C(=O)OC(C)(C)C)s1. The van der Waals surface area contributed by atoms with E-state index in [1.54, 1.807) is 0 Å². The minimum atomic E-state index is -0.449. The van der Waals surface area contributed by atoms with Crippen molar-refractivity contribution >= 4 is 17.4 Å². The molecule has 2 heterocycles. The van der Waals surface area contributed by atoms with Gasteiger partial charge in [-0.25, -0.2) is 4.79 Å². The maximum atomic E-state index is 12.4. The third-order valence-corrected chi connectivity index (χ3v) is 4.62. The van der Waals surface area contributed by atoms with Crippen molar-refractivity contribution in [2.45, 2.75) is 52.2 Å². The first-order valence-electron chi connectivity index (χ1n) is 7.69. The molecule has 1 fully saturated rings. The average Bonchev–Trinajstić information content (AvgIpc) is 2.86. The predicted molar refractivity (Wildman–Crippen MR) is 86.9 cm³/mol. The van der Waals surface area contributed by atoms with E-state index in [4.69, 9.17) is 4.74 Å². The van der Waals surface area contributed by atoms with Crippen LogP contribution in [0, 0.1) is 0 Å². The Morgan fingerprint density at radius 2 is 2.24 bits per heavy atom. The summed E-state index contributed by atoms with van der Waals surface area (Å²) in [5, 5.41) is 3.38. The van der Waals surface area contributed by atoms with E-state index in [9.17, 15) is 4.79 Å². The second-order valence-electron chi connectivity index (χ2n) is 6.45. The lowest BCUT2D eigenvalue weighted by atomic mass is 10.1. The van der Waals surface area contributed by atoms with Gasteiger partial charge in [0.25, 0.3) is 0 Å². The van der Waals surface area contributed by atoms with E-state index in [0.717, 1.165) is 25.9 Å². The highest BCUT2D eigenvalue weighted by Crippen LogP contribution is 2.30. The van der Waals surface area contributed by atoms with Gasteiger partial charge >= 0.3 is 6.09 Å². The van der Waals surface area contributed by atoms with Crippen LogP contribution in [-0.2, 0) is 11.2 Å². The lowest BCUT2D eigenvalue weighted by Crippen LogP contribution is -2.49. The Morgan fingerprint density at radius 1 is 1.48 bits per heavy atom. The minimum absolute atomic E-state index is 0.0872. The number of nitrogens with zero attached hydrogens (tertiary/aromatic N) is 1. The molecule has 0 saturated carbocycles. The normalized spacial score (nSPS) is 19.6. The van der Waals surface area contributed by atoms with Crippen molar-refractivity contribution < 1.29 is 9.53 Å². The molecule has 118 valence electrons. The fourth-order valence-electron chi connectivity index (χ4n) is 2.45. The zero-order valence-corrected chi connectivity index (χ0v) is 14.3. The first-order chi connectivity index (χ1) is 9.90. The molecule has 1 saturated heterocycles. The third-order valence-electron chi connectivity index (χ3n) is 3.38. The number of amides is 1. The fraction of sp³-hybridized carbons (Fsp3) is 0.688. The van der Waals surface area contributed by atoms with Crippen molar-refractivity contribution in [3.8, 4) is 0 Å². The molecule has 0 radical (unpaired) electrons. The van der Waals surface area contributed by atoms with Crippen molar-refractivity contribution in [2.24, 2.45) is 0 Å². The van der Waals surface area contributed by atoms with E-state index in [1.807, 2.05) is 37.0 Å². The van der Waals surface area contributed by atoms with E-state index in [2.05, 4.69) is 24.4 Å². The summed E-state index contributed by atoms with van der Waals surface area (Å²) in [4.78, 5) is 16.9. The van der Waals surface area contributed by atoms with Crippen LogP contribution in [-0.4, -0.2) is 36.2 Å². The highest BCUT2D eigenvalue weighted by atomic mass is 32.1. The Labute approximate surface area is 131 Å². The van der Waals surface area contributed by atoms with E-state index < -0.39 is 5.60 Å². The summed E-state index contributed by atoms with van der Waals surface area (Å²) in [5.41, 5.74) is -0.449. The Kier molecular flexibility index (Phi) is 5.27. The average molecular weight is 310 g/mol. The Morgan fingerprint density at radius 3 is 2.90 bits per heavy atom. The monoisotopic (exact) mass is 310 g/mol. The van der Waals surface area contributed by atoms with Crippen molar-refractivity contribution in [2.75, 3.05) is 19.6 Å². The van der Waals surface area contributed by atoms with E-state index in [1.165, 1.54) is 9.75 Å². The molecule has 4 nitrogen and oxygen atoms in total. The summed E-state index contributed by atoms with van der Waals surface area (Å²) in [5.74, 6) is 0. The van der Waals surface area contributed by atoms with E-state index >= 15 is 0 Å². The molecule has 1 aromatic rings. The van der Waals surface area contributed by atoms with Gasteiger partial charge in [-0.15, -0.1) is 11.3 Å². The molecule has 0 bridgehead atoms. The molecule has 21 heavy (non-hydrogen) atoms. The molecule has 0 spiro atoms. The van der Waals surface area contributed by atoms with Gasteiger partial charge in [0, 0.05) is 29.4 Å². The summed E-state index contributed by atoms with van der Waals surface area (Å²) in [6.07, 6.45) is 2.05. The summed E-state index contributed by atoms with van der Waals surface area (Å²) >= 11 is 1.81. The van der Waals surface area contributed by atoms with Crippen LogP contribution in [0.5, 0.6) is 0 Å². The molecule has 1 atom stereocenters. The Balaban J connectivity index is 2.12. The maximum absolute atomic E-state index is 12.4. The van der Waals surface area contributed by atoms with Crippen LogP contribution in [0.25, 0.3) is 0 Å². The number of thiophene rings is 1. The fourth-order valence-corrected chi connectivity index (χ4v) is 3.68. The van der Waals surface area contributed by atoms with Crippen LogP contribution >= 0.6 is 11.3 Å². The predicted octanol–water partition coefficient (Wildman–Crippen LogP) is 3.58. The van der Waals surface area contributed by atoms with Crippen LogP contribution in [0.1, 0.15) is 49.9 Å². The molecule has 1 aliphatic rings. The van der Waals surface area contributed by atoms with Gasteiger partial charge in [-0.3, -0.25) is 4.90 Å². The number of piperazine rings is 1. The summed E-state index contributed by atoms with van der Waals surface area (Å²) < 4.78 is 5.55. The van der Waals surface area contributed by atoms with E-state index in [-0.39, 0.29) is 12.1 Å². The lowest BCUT2D eigenvalue weighted by molar-refractivity contribution is 0.0122. The number of nitrogens with one attached hydrogen (secondary N) is 1. The van der Waals surface area contributed by atoms with Crippen LogP contribution in [0.4, 0.5) is 4.79 Å². The number of aryl methyl sites for hydroxylation is 1. The number of rotatable bonds is 3. The molecule has 0 aromatic carbocycles. The standard InChI is InChI=1S/C16H26N2O2S/c1-5-6-12-7-8-14(21-12)13-11-17-9-10-18(13)15(19)20-16(2,3)4/h7-8,13,17H,5-6,9-11H2,1-4H3. The molecule has 5 heteroatoms. The molecule has 1 amide bonds. The zero-order chi connectivity index (χ0) is 15.5. The topological polar surface area (TPSA) is 41.6 Å². The van der Waals surface area contributed by atoms with Crippen LogP contribution in [0.3, 0.4) is 0 Å². The Bertz CT molecular complexity index is 479. The summed E-state index contributed by atoms with van der Waals surface area (Å²) in [7, 11) is 0. The van der Waals surface area contributed by atoms with Gasteiger partial charge in [0.05, 0.1) is 6.04 Å². The van der Waals surface area contributed by atoms with Crippen LogP contribution in [0.15, 0.2) is 12.1 Å². The second kappa shape index (κ2) is 6.79. The first-order valence-corrected chi connectivity index (χ1v) is 8.51. The highest BCUT2D eigenvalue weighted by Gasteiger charge is 2.32. The third kappa shape index (κ3) is 4.45. The Hall–Kier alpha value is -1.07. The molecule has 1 aromatic heterocycles. The largest absolute Gasteiger partial charge is 0.444 e. The zero-order valence-electron chi connectivity index (χ0n) is 13.4. The molecule has 0 aliphatic carbocycles. The maximum Gasteiger partial charge on any atom is 0.410 e. The van der Waals surface area contributed by atoms with Gasteiger partial charge in [-0.05, 0) is 39.3 Å². The summed E-state index contributed by atoms with van der Waals surface area (Å²) in [6, 6.07) is 4.43.